The maximum Gasteiger partial charge on any atom is 0.425 e. The Hall–Kier alpha value is -1.95. The summed E-state index contributed by atoms with van der Waals surface area (Å²) in [5.74, 6) is -0.176. The molecule has 1 N–H and O–H groups in total. The van der Waals surface area contributed by atoms with Crippen LogP contribution in [-0.4, -0.2) is 51.6 Å². The van der Waals surface area contributed by atoms with Crippen LogP contribution in [0, 0.1) is 5.41 Å². The van der Waals surface area contributed by atoms with Crippen molar-refractivity contribution in [2.75, 3.05) is 19.7 Å². The largest absolute Gasteiger partial charge is 0.460 e. The summed E-state index contributed by atoms with van der Waals surface area (Å²) in [6.07, 6.45) is 1.37. The molecular weight excluding hydrogens is 483 g/mol. The number of halogens is 3. The zero-order valence-electron chi connectivity index (χ0n) is 19.9. The lowest BCUT2D eigenvalue weighted by Gasteiger charge is -2.43. The van der Waals surface area contributed by atoms with Crippen molar-refractivity contribution in [1.82, 2.24) is 14.7 Å². The van der Waals surface area contributed by atoms with Crippen molar-refractivity contribution in [3.05, 3.63) is 38.8 Å². The maximum absolute atomic E-state index is 13.6. The number of carbonyl (C=O) groups excluding carboxylic acids is 1. The number of hydrogen-bond donors (Lipinski definition) is 1. The van der Waals surface area contributed by atoms with Gasteiger partial charge in [-0.15, -0.1) is 11.3 Å². The van der Waals surface area contributed by atoms with Gasteiger partial charge in [0.1, 0.15) is 16.6 Å². The number of esters is 1. The van der Waals surface area contributed by atoms with Gasteiger partial charge in [-0.3, -0.25) is 14.4 Å². The van der Waals surface area contributed by atoms with Crippen LogP contribution in [0.25, 0.3) is 0 Å². The van der Waals surface area contributed by atoms with Gasteiger partial charge in [0.15, 0.2) is 0 Å². The number of carbonyl (C=O) groups is 1. The molecule has 1 unspecified atom stereocenters. The van der Waals surface area contributed by atoms with Crippen molar-refractivity contribution in [3.8, 4) is 0 Å². The number of cyclic esters (lactones) is 1. The molecule has 2 aromatic rings. The number of fused-ring (bicyclic) bond motifs is 2. The van der Waals surface area contributed by atoms with Crippen LogP contribution in [0.5, 0.6) is 0 Å². The molecule has 5 heterocycles. The highest BCUT2D eigenvalue weighted by Crippen LogP contribution is 2.50. The van der Waals surface area contributed by atoms with E-state index in [9.17, 15) is 23.1 Å². The number of aliphatic hydroxyl groups excluding tert-OH is 1. The third-order valence-electron chi connectivity index (χ3n) is 7.39. The van der Waals surface area contributed by atoms with Crippen LogP contribution in [0.3, 0.4) is 0 Å². The minimum atomic E-state index is -4.48. The van der Waals surface area contributed by atoms with Crippen LogP contribution < -0.4 is 0 Å². The topological polar surface area (TPSA) is 76.8 Å². The number of nitrogens with zero attached hydrogens (tertiary/aromatic N) is 3. The molecule has 5 rings (SSSR count). The number of aliphatic hydroxyl groups is 1. The van der Waals surface area contributed by atoms with Crippen LogP contribution in [-0.2, 0) is 52.2 Å². The second kappa shape index (κ2) is 8.86. The molecule has 0 aliphatic carbocycles. The standard InChI is InChI=1S/C24H30F3N3O4S/c1-22(2)9-16(34-21(22)32)13-30-12-15(10-28-30)11-29-6-4-23(5-7-29)19-17(3-8-33-23)18(14-31)20(35-19)24(25,26)27/h10,12,16,31H,3-9,11,13-14H2,1-2H3. The van der Waals surface area contributed by atoms with Crippen molar-refractivity contribution in [1.29, 1.82) is 0 Å². The van der Waals surface area contributed by atoms with Gasteiger partial charge in [0.05, 0.1) is 31.4 Å². The highest BCUT2D eigenvalue weighted by molar-refractivity contribution is 7.12. The number of piperidine rings is 1. The van der Waals surface area contributed by atoms with E-state index in [0.717, 1.165) is 16.9 Å². The van der Waals surface area contributed by atoms with Gasteiger partial charge in [-0.1, -0.05) is 0 Å². The zero-order valence-corrected chi connectivity index (χ0v) is 20.7. The summed E-state index contributed by atoms with van der Waals surface area (Å²) >= 11 is 0.745. The zero-order chi connectivity index (χ0) is 25.0. The summed E-state index contributed by atoms with van der Waals surface area (Å²) in [5, 5.41) is 14.1. The first-order valence-corrected chi connectivity index (χ1v) is 12.7. The van der Waals surface area contributed by atoms with E-state index in [-0.39, 0.29) is 17.6 Å². The number of likely N-dealkylation sites (tertiary alicyclic amines) is 1. The van der Waals surface area contributed by atoms with E-state index in [1.807, 2.05) is 26.2 Å². The molecular formula is C24H30F3N3O4S. The number of thiophene rings is 1. The fraction of sp³-hybridized carbons (Fsp3) is 0.667. The molecule has 0 saturated carbocycles. The molecule has 3 aliphatic rings. The van der Waals surface area contributed by atoms with E-state index in [2.05, 4.69) is 10.00 Å². The molecule has 11 heteroatoms. The molecule has 2 aromatic heterocycles. The van der Waals surface area contributed by atoms with Gasteiger partial charge >= 0.3 is 12.1 Å². The van der Waals surface area contributed by atoms with Crippen LogP contribution in [0.1, 0.15) is 59.6 Å². The second-order valence-corrected chi connectivity index (χ2v) is 11.4. The Morgan fingerprint density at radius 2 is 2.03 bits per heavy atom. The molecule has 0 bridgehead atoms. The van der Waals surface area contributed by atoms with Crippen LogP contribution in [0.2, 0.25) is 0 Å². The average molecular weight is 514 g/mol. The van der Waals surface area contributed by atoms with E-state index >= 15 is 0 Å². The third-order valence-corrected chi connectivity index (χ3v) is 8.89. The second-order valence-electron chi connectivity index (χ2n) is 10.4. The molecule has 2 fully saturated rings. The molecule has 35 heavy (non-hydrogen) atoms. The first kappa shape index (κ1) is 24.7. The minimum absolute atomic E-state index is 0.0198. The number of aromatic nitrogens is 2. The van der Waals surface area contributed by atoms with Crippen LogP contribution in [0.4, 0.5) is 13.2 Å². The summed E-state index contributed by atoms with van der Waals surface area (Å²) in [6.45, 7) is 6.10. The van der Waals surface area contributed by atoms with Crippen molar-refractivity contribution >= 4 is 17.3 Å². The Morgan fingerprint density at radius 1 is 1.29 bits per heavy atom. The summed E-state index contributed by atoms with van der Waals surface area (Å²) in [5.41, 5.74) is 0.499. The summed E-state index contributed by atoms with van der Waals surface area (Å²) < 4.78 is 54.2. The van der Waals surface area contributed by atoms with Gasteiger partial charge in [0.25, 0.3) is 0 Å². The van der Waals surface area contributed by atoms with Crippen LogP contribution in [0.15, 0.2) is 12.4 Å². The monoisotopic (exact) mass is 513 g/mol. The molecule has 7 nitrogen and oxygen atoms in total. The number of rotatable bonds is 5. The number of hydrogen-bond acceptors (Lipinski definition) is 7. The molecule has 3 aliphatic heterocycles. The normalized spacial score (nSPS) is 24.1. The molecule has 2 saturated heterocycles. The first-order valence-electron chi connectivity index (χ1n) is 11.9. The Labute approximate surface area is 205 Å². The fourth-order valence-corrected chi connectivity index (χ4v) is 6.98. The molecule has 1 spiro atoms. The SMILES string of the molecule is CC1(C)CC(Cn2cc(CN3CCC4(CC3)OCCc3c4sc(C(F)(F)F)c3CO)cn2)OC1=O. The van der Waals surface area contributed by atoms with Gasteiger partial charge in [-0.05, 0) is 38.7 Å². The molecule has 0 radical (unpaired) electrons. The summed E-state index contributed by atoms with van der Waals surface area (Å²) in [6, 6.07) is 0. The predicted octanol–water partition coefficient (Wildman–Crippen LogP) is 3.86. The highest BCUT2D eigenvalue weighted by atomic mass is 32.1. The molecule has 0 amide bonds. The molecule has 0 aromatic carbocycles. The van der Waals surface area contributed by atoms with E-state index in [4.69, 9.17) is 9.47 Å². The Morgan fingerprint density at radius 3 is 2.66 bits per heavy atom. The lowest BCUT2D eigenvalue weighted by Crippen LogP contribution is -2.45. The Balaban J connectivity index is 1.23. The molecule has 192 valence electrons. The average Bonchev–Trinajstić information content (AvgIpc) is 3.46. The quantitative estimate of drug-likeness (QED) is 0.612. The summed E-state index contributed by atoms with van der Waals surface area (Å²) in [7, 11) is 0. The third kappa shape index (κ3) is 4.63. The Bertz CT molecular complexity index is 1100. The van der Waals surface area contributed by atoms with E-state index in [1.54, 1.807) is 4.68 Å². The molecule has 1 atom stereocenters. The van der Waals surface area contributed by atoms with Crippen molar-refractivity contribution < 1.29 is 32.5 Å². The van der Waals surface area contributed by atoms with Gasteiger partial charge in [0.2, 0.25) is 0 Å². The van der Waals surface area contributed by atoms with Crippen LogP contribution >= 0.6 is 11.3 Å². The highest BCUT2D eigenvalue weighted by Gasteiger charge is 2.47. The lowest BCUT2D eigenvalue weighted by atomic mass is 9.84. The fourth-order valence-electron chi connectivity index (χ4n) is 5.55. The lowest BCUT2D eigenvalue weighted by molar-refractivity contribution is -0.147. The van der Waals surface area contributed by atoms with E-state index < -0.39 is 28.7 Å². The van der Waals surface area contributed by atoms with E-state index in [1.165, 1.54) is 0 Å². The van der Waals surface area contributed by atoms with Gasteiger partial charge in [0, 0.05) is 48.3 Å². The van der Waals surface area contributed by atoms with Crippen molar-refractivity contribution in [2.45, 2.75) is 77.1 Å². The van der Waals surface area contributed by atoms with Gasteiger partial charge in [-0.2, -0.15) is 18.3 Å². The minimum Gasteiger partial charge on any atom is -0.460 e. The van der Waals surface area contributed by atoms with Crippen molar-refractivity contribution in [2.24, 2.45) is 5.41 Å². The Kier molecular flexibility index (Phi) is 6.26. The van der Waals surface area contributed by atoms with Gasteiger partial charge < -0.3 is 14.6 Å². The van der Waals surface area contributed by atoms with Crippen molar-refractivity contribution in [3.63, 3.8) is 0 Å². The predicted molar refractivity (Wildman–Crippen MR) is 122 cm³/mol. The smallest absolute Gasteiger partial charge is 0.425 e. The summed E-state index contributed by atoms with van der Waals surface area (Å²) in [4.78, 5) is 14.1. The number of alkyl halides is 3. The first-order chi connectivity index (χ1) is 16.5. The van der Waals surface area contributed by atoms with Gasteiger partial charge in [-0.25, -0.2) is 0 Å². The van der Waals surface area contributed by atoms with E-state index in [0.29, 0.717) is 68.9 Å². The number of ether oxygens (including phenoxy) is 2. The maximum atomic E-state index is 13.6.